The van der Waals surface area contributed by atoms with E-state index in [-0.39, 0.29) is 11.6 Å². The molecule has 1 aliphatic heterocycles. The van der Waals surface area contributed by atoms with Gasteiger partial charge in [0, 0.05) is 38.1 Å². The molecule has 0 aliphatic carbocycles. The van der Waals surface area contributed by atoms with E-state index in [1.807, 2.05) is 27.9 Å². The van der Waals surface area contributed by atoms with Crippen LogP contribution in [0, 0.1) is 11.3 Å². The fourth-order valence-corrected chi connectivity index (χ4v) is 3.37. The van der Waals surface area contributed by atoms with E-state index >= 15 is 0 Å². The number of likely N-dealkylation sites (tertiary alicyclic amines) is 1. The molecule has 140 valence electrons. The predicted molar refractivity (Wildman–Crippen MR) is 100 cm³/mol. The highest BCUT2D eigenvalue weighted by Crippen LogP contribution is 2.35. The van der Waals surface area contributed by atoms with Crippen LogP contribution in [0.4, 0.5) is 5.69 Å². The Morgan fingerprint density at radius 1 is 1.56 bits per heavy atom. The fraction of sp³-hybridized carbons (Fsp3) is 0.368. The van der Waals surface area contributed by atoms with Gasteiger partial charge in [0.05, 0.1) is 35.4 Å². The van der Waals surface area contributed by atoms with Crippen LogP contribution in [0.2, 0.25) is 0 Å². The van der Waals surface area contributed by atoms with Crippen LogP contribution in [0.5, 0.6) is 0 Å². The molecule has 0 bridgehead atoms. The topological polar surface area (TPSA) is 107 Å². The van der Waals surface area contributed by atoms with Gasteiger partial charge in [-0.15, -0.1) is 0 Å². The number of aldehydes is 1. The number of hydrogen-bond donors (Lipinski definition) is 2. The van der Waals surface area contributed by atoms with Gasteiger partial charge in [-0.3, -0.25) is 14.5 Å². The van der Waals surface area contributed by atoms with Gasteiger partial charge >= 0.3 is 0 Å². The lowest BCUT2D eigenvalue weighted by atomic mass is 10.0. The molecule has 1 saturated heterocycles. The Labute approximate surface area is 157 Å². The standard InChI is InChI=1S/C19H22N6O2/c1-13(27)17-8-16(18(21-2)10-22-17)19(14(9-20)12-26)24-7-4-15(11-24)25-6-3-5-23-25/h3,5-6,8,10,12-13,15,21,27H,4,7,11H2,1-2H3/b19-14+. The SMILES string of the molecule is CNc1cnc(C(C)O)cc1/C(=C(/C#N)C=O)N1CCC(n2cccn2)C1. The van der Waals surface area contributed by atoms with Crippen LogP contribution >= 0.6 is 0 Å². The molecule has 2 unspecified atom stereocenters. The van der Waals surface area contributed by atoms with Crippen LogP contribution in [0.3, 0.4) is 0 Å². The number of aliphatic hydroxyl groups excluding tert-OH is 1. The molecule has 0 spiro atoms. The van der Waals surface area contributed by atoms with Crippen molar-refractivity contribution in [1.29, 1.82) is 5.26 Å². The van der Waals surface area contributed by atoms with Crippen molar-refractivity contribution >= 4 is 17.7 Å². The van der Waals surface area contributed by atoms with Gasteiger partial charge in [-0.25, -0.2) is 0 Å². The average Bonchev–Trinajstić information content (AvgIpc) is 3.37. The van der Waals surface area contributed by atoms with Gasteiger partial charge in [-0.2, -0.15) is 10.4 Å². The number of hydrogen-bond acceptors (Lipinski definition) is 7. The molecule has 0 saturated carbocycles. The molecule has 2 aromatic rings. The summed E-state index contributed by atoms with van der Waals surface area (Å²) in [5, 5.41) is 26.8. The third kappa shape index (κ3) is 3.68. The van der Waals surface area contributed by atoms with E-state index in [0.717, 1.165) is 6.42 Å². The molecule has 1 aliphatic rings. The highest BCUT2D eigenvalue weighted by Gasteiger charge is 2.29. The van der Waals surface area contributed by atoms with Gasteiger partial charge < -0.3 is 15.3 Å². The molecule has 0 radical (unpaired) electrons. The van der Waals surface area contributed by atoms with Crippen LogP contribution < -0.4 is 5.32 Å². The number of carbonyl (C=O) groups excluding carboxylic acids is 1. The second-order valence-electron chi connectivity index (χ2n) is 6.45. The molecule has 0 aromatic carbocycles. The van der Waals surface area contributed by atoms with Gasteiger partial charge in [-0.1, -0.05) is 0 Å². The minimum atomic E-state index is -0.756. The smallest absolute Gasteiger partial charge is 0.162 e. The molecule has 1 fully saturated rings. The number of allylic oxidation sites excluding steroid dienone is 1. The van der Waals surface area contributed by atoms with Gasteiger partial charge in [0.2, 0.25) is 0 Å². The maximum absolute atomic E-state index is 11.6. The normalized spacial score (nSPS) is 18.6. The molecular weight excluding hydrogens is 344 g/mol. The second-order valence-corrected chi connectivity index (χ2v) is 6.45. The summed E-state index contributed by atoms with van der Waals surface area (Å²) < 4.78 is 1.90. The molecule has 8 nitrogen and oxygen atoms in total. The number of aromatic nitrogens is 3. The van der Waals surface area contributed by atoms with E-state index < -0.39 is 6.10 Å². The summed E-state index contributed by atoms with van der Waals surface area (Å²) in [5.74, 6) is 0. The van der Waals surface area contributed by atoms with E-state index in [4.69, 9.17) is 0 Å². The Balaban J connectivity index is 2.07. The number of anilines is 1. The number of nitrogens with one attached hydrogen (secondary N) is 1. The van der Waals surface area contributed by atoms with Gasteiger partial charge in [0.1, 0.15) is 11.6 Å². The van der Waals surface area contributed by atoms with Crippen LogP contribution in [0.15, 0.2) is 36.3 Å². The molecule has 2 N–H and O–H groups in total. The zero-order chi connectivity index (χ0) is 19.4. The minimum absolute atomic E-state index is 0.0513. The molecule has 3 rings (SSSR count). The van der Waals surface area contributed by atoms with Crippen molar-refractivity contribution in [2.75, 3.05) is 25.5 Å². The van der Waals surface area contributed by atoms with Crippen molar-refractivity contribution in [3.05, 3.63) is 47.6 Å². The lowest BCUT2D eigenvalue weighted by molar-refractivity contribution is -0.104. The summed E-state index contributed by atoms with van der Waals surface area (Å²) in [5.41, 5.74) is 2.44. The van der Waals surface area contributed by atoms with Gasteiger partial charge in [0.25, 0.3) is 0 Å². The lowest BCUT2D eigenvalue weighted by Gasteiger charge is -2.25. The first-order valence-electron chi connectivity index (χ1n) is 8.78. The number of rotatable bonds is 6. The van der Waals surface area contributed by atoms with Crippen molar-refractivity contribution in [3.63, 3.8) is 0 Å². The lowest BCUT2D eigenvalue weighted by Crippen LogP contribution is -2.23. The minimum Gasteiger partial charge on any atom is -0.387 e. The van der Waals surface area contributed by atoms with Gasteiger partial charge in [-0.05, 0) is 25.5 Å². The molecule has 2 aromatic heterocycles. The van der Waals surface area contributed by atoms with E-state index in [2.05, 4.69) is 15.4 Å². The first kappa shape index (κ1) is 18.6. The Bertz CT molecular complexity index is 882. The summed E-state index contributed by atoms with van der Waals surface area (Å²) in [6, 6.07) is 5.79. The summed E-state index contributed by atoms with van der Waals surface area (Å²) in [4.78, 5) is 17.9. The first-order chi connectivity index (χ1) is 13.1. The van der Waals surface area contributed by atoms with Crippen molar-refractivity contribution in [2.45, 2.75) is 25.5 Å². The first-order valence-corrected chi connectivity index (χ1v) is 8.78. The monoisotopic (exact) mass is 366 g/mol. The number of nitrogens with zero attached hydrogens (tertiary/aromatic N) is 5. The van der Waals surface area contributed by atoms with E-state index in [1.54, 1.807) is 32.4 Å². The summed E-state index contributed by atoms with van der Waals surface area (Å²) in [6.45, 7) is 2.95. The van der Waals surface area contributed by atoms with Crippen molar-refractivity contribution in [3.8, 4) is 6.07 Å². The maximum Gasteiger partial charge on any atom is 0.162 e. The van der Waals surface area contributed by atoms with Crippen molar-refractivity contribution in [1.82, 2.24) is 19.7 Å². The number of carbonyl (C=O) groups is 1. The molecule has 8 heteroatoms. The quantitative estimate of drug-likeness (QED) is 0.456. The third-order valence-electron chi connectivity index (χ3n) is 4.75. The largest absolute Gasteiger partial charge is 0.387 e. The number of aliphatic hydroxyl groups is 1. The van der Waals surface area contributed by atoms with Crippen LogP contribution in [0.1, 0.15) is 36.7 Å². The Morgan fingerprint density at radius 3 is 2.96 bits per heavy atom. The van der Waals surface area contributed by atoms with E-state index in [0.29, 0.717) is 42.0 Å². The Kier molecular flexibility index (Phi) is 5.52. The van der Waals surface area contributed by atoms with Crippen molar-refractivity contribution < 1.29 is 9.90 Å². The summed E-state index contributed by atoms with van der Waals surface area (Å²) in [7, 11) is 1.75. The van der Waals surface area contributed by atoms with Crippen LogP contribution in [-0.2, 0) is 4.79 Å². The average molecular weight is 366 g/mol. The zero-order valence-electron chi connectivity index (χ0n) is 15.3. The highest BCUT2D eigenvalue weighted by molar-refractivity contribution is 5.94. The number of pyridine rings is 1. The van der Waals surface area contributed by atoms with E-state index in [1.165, 1.54) is 0 Å². The molecule has 3 heterocycles. The maximum atomic E-state index is 11.6. The predicted octanol–water partition coefficient (Wildman–Crippen LogP) is 1.75. The van der Waals surface area contributed by atoms with Crippen LogP contribution in [0.25, 0.3) is 5.70 Å². The highest BCUT2D eigenvalue weighted by atomic mass is 16.3. The fourth-order valence-electron chi connectivity index (χ4n) is 3.37. The summed E-state index contributed by atoms with van der Waals surface area (Å²) in [6.07, 6.45) is 5.94. The van der Waals surface area contributed by atoms with Crippen LogP contribution in [-0.4, -0.2) is 51.2 Å². The van der Waals surface area contributed by atoms with Gasteiger partial charge in [0.15, 0.2) is 6.29 Å². The molecular formula is C19H22N6O2. The number of nitriles is 1. The molecule has 27 heavy (non-hydrogen) atoms. The second kappa shape index (κ2) is 8.01. The summed E-state index contributed by atoms with van der Waals surface area (Å²) >= 11 is 0. The molecule has 2 atom stereocenters. The zero-order valence-corrected chi connectivity index (χ0v) is 15.3. The van der Waals surface area contributed by atoms with E-state index in [9.17, 15) is 15.2 Å². The Hall–Kier alpha value is -3.18. The third-order valence-corrected chi connectivity index (χ3v) is 4.75. The Morgan fingerprint density at radius 2 is 2.37 bits per heavy atom. The van der Waals surface area contributed by atoms with Crippen molar-refractivity contribution in [2.24, 2.45) is 0 Å². The molecule has 0 amide bonds.